The molecule has 0 unspecified atom stereocenters. The van der Waals surface area contributed by atoms with Crippen LogP contribution >= 0.6 is 0 Å². The number of rotatable bonds is 4. The molecule has 0 spiro atoms. The Balaban J connectivity index is 3.54. The second-order valence-corrected chi connectivity index (χ2v) is 2.16. The van der Waals surface area contributed by atoms with E-state index >= 15 is 0 Å². The number of hydrazine groups is 1. The Hall–Kier alpha value is -0.500. The van der Waals surface area contributed by atoms with Gasteiger partial charge in [-0.05, 0) is 13.0 Å². The van der Waals surface area contributed by atoms with Gasteiger partial charge in [0, 0.05) is 26.8 Å². The third-order valence-electron chi connectivity index (χ3n) is 1.14. The van der Waals surface area contributed by atoms with E-state index in [1.807, 2.05) is 24.1 Å². The Bertz CT molecular complexity index is 79.0. The van der Waals surface area contributed by atoms with Crippen molar-refractivity contribution in [2.24, 2.45) is 0 Å². The summed E-state index contributed by atoms with van der Waals surface area (Å²) >= 11 is 0. The van der Waals surface area contributed by atoms with E-state index in [1.54, 1.807) is 6.20 Å². The van der Waals surface area contributed by atoms with Crippen LogP contribution in [0.3, 0.4) is 0 Å². The van der Waals surface area contributed by atoms with Gasteiger partial charge in [-0.2, -0.15) is 0 Å². The molecule has 0 aromatic rings. The summed E-state index contributed by atoms with van der Waals surface area (Å²) in [4.78, 5) is 0. The Labute approximate surface area is 57.7 Å². The SMILES string of the molecule is [CH]=CN(CCC)N(C)C. The zero-order chi connectivity index (χ0) is 7.28. The Morgan fingerprint density at radius 1 is 1.44 bits per heavy atom. The van der Waals surface area contributed by atoms with E-state index in [0.717, 1.165) is 13.0 Å². The molecule has 0 N–H and O–H groups in total. The first-order chi connectivity index (χ1) is 4.22. The van der Waals surface area contributed by atoms with Crippen LogP contribution in [0.1, 0.15) is 13.3 Å². The molecule has 0 amide bonds. The molecule has 0 aliphatic rings. The Kier molecular flexibility index (Phi) is 4.14. The van der Waals surface area contributed by atoms with Crippen LogP contribution in [0.15, 0.2) is 6.20 Å². The molecular weight excluding hydrogens is 112 g/mol. The average molecular weight is 127 g/mol. The fourth-order valence-electron chi connectivity index (χ4n) is 0.637. The standard InChI is InChI=1S/C7H15N2/c1-5-7-9(6-2)8(3)4/h2,6H,5,7H2,1,3-4H3. The van der Waals surface area contributed by atoms with Crippen molar-refractivity contribution in [3.63, 3.8) is 0 Å². The lowest BCUT2D eigenvalue weighted by Crippen LogP contribution is -2.32. The zero-order valence-electron chi connectivity index (χ0n) is 6.46. The monoisotopic (exact) mass is 127 g/mol. The van der Waals surface area contributed by atoms with Gasteiger partial charge in [0.1, 0.15) is 0 Å². The highest BCUT2D eigenvalue weighted by molar-refractivity contribution is 4.61. The van der Waals surface area contributed by atoms with E-state index in [2.05, 4.69) is 6.92 Å². The predicted molar refractivity (Wildman–Crippen MR) is 39.6 cm³/mol. The molecular formula is C7H15N2. The molecule has 0 rings (SSSR count). The van der Waals surface area contributed by atoms with Crippen LogP contribution in [-0.4, -0.2) is 30.7 Å². The molecule has 0 saturated carbocycles. The summed E-state index contributed by atoms with van der Waals surface area (Å²) in [5.74, 6) is 0. The molecule has 0 heterocycles. The van der Waals surface area contributed by atoms with Gasteiger partial charge in [0.25, 0.3) is 0 Å². The molecule has 0 aliphatic carbocycles. The molecule has 9 heavy (non-hydrogen) atoms. The van der Waals surface area contributed by atoms with E-state index in [4.69, 9.17) is 6.58 Å². The van der Waals surface area contributed by atoms with Gasteiger partial charge in [-0.25, -0.2) is 5.01 Å². The van der Waals surface area contributed by atoms with Gasteiger partial charge in [-0.15, -0.1) is 0 Å². The molecule has 2 heteroatoms. The van der Waals surface area contributed by atoms with Crippen molar-refractivity contribution in [2.75, 3.05) is 20.6 Å². The summed E-state index contributed by atoms with van der Waals surface area (Å²) in [7, 11) is 3.94. The molecule has 0 aromatic heterocycles. The van der Waals surface area contributed by atoms with Crippen LogP contribution < -0.4 is 0 Å². The Morgan fingerprint density at radius 2 is 2.00 bits per heavy atom. The maximum atomic E-state index is 5.32. The fraction of sp³-hybridized carbons (Fsp3) is 0.714. The third kappa shape index (κ3) is 3.14. The fourth-order valence-corrected chi connectivity index (χ4v) is 0.637. The van der Waals surface area contributed by atoms with Crippen LogP contribution in [0.5, 0.6) is 0 Å². The number of hydrogen-bond donors (Lipinski definition) is 0. The van der Waals surface area contributed by atoms with E-state index in [-0.39, 0.29) is 0 Å². The van der Waals surface area contributed by atoms with Crippen LogP contribution in [-0.2, 0) is 0 Å². The minimum absolute atomic E-state index is 0.990. The lowest BCUT2D eigenvalue weighted by atomic mass is 10.5. The Morgan fingerprint density at radius 3 is 2.11 bits per heavy atom. The third-order valence-corrected chi connectivity index (χ3v) is 1.14. The van der Waals surface area contributed by atoms with Gasteiger partial charge in [-0.1, -0.05) is 6.92 Å². The van der Waals surface area contributed by atoms with E-state index in [1.165, 1.54) is 0 Å². The second-order valence-electron chi connectivity index (χ2n) is 2.16. The largest absolute Gasteiger partial charge is 0.314 e. The summed E-state index contributed by atoms with van der Waals surface area (Å²) in [5.41, 5.74) is 0. The van der Waals surface area contributed by atoms with Crippen LogP contribution in [0, 0.1) is 6.58 Å². The van der Waals surface area contributed by atoms with Crippen molar-refractivity contribution in [3.05, 3.63) is 12.8 Å². The number of hydrogen-bond acceptors (Lipinski definition) is 2. The smallest absolute Gasteiger partial charge is 0.0337 e. The van der Waals surface area contributed by atoms with Gasteiger partial charge in [-0.3, -0.25) is 0 Å². The van der Waals surface area contributed by atoms with E-state index in [0.29, 0.717) is 0 Å². The van der Waals surface area contributed by atoms with E-state index in [9.17, 15) is 0 Å². The molecule has 0 aliphatic heterocycles. The topological polar surface area (TPSA) is 6.48 Å². The summed E-state index contributed by atoms with van der Waals surface area (Å²) in [6, 6.07) is 0. The molecule has 53 valence electrons. The summed E-state index contributed by atoms with van der Waals surface area (Å²) in [5, 5.41) is 3.92. The van der Waals surface area contributed by atoms with Crippen molar-refractivity contribution in [1.29, 1.82) is 0 Å². The van der Waals surface area contributed by atoms with Crippen LogP contribution in [0.25, 0.3) is 0 Å². The van der Waals surface area contributed by atoms with Gasteiger partial charge in [0.15, 0.2) is 0 Å². The molecule has 0 saturated heterocycles. The lowest BCUT2D eigenvalue weighted by Gasteiger charge is -2.26. The summed E-state index contributed by atoms with van der Waals surface area (Å²) in [6.45, 7) is 8.43. The number of nitrogens with zero attached hydrogens (tertiary/aromatic N) is 2. The van der Waals surface area contributed by atoms with E-state index < -0.39 is 0 Å². The molecule has 0 aromatic carbocycles. The first-order valence-corrected chi connectivity index (χ1v) is 3.21. The first kappa shape index (κ1) is 8.50. The maximum absolute atomic E-state index is 5.32. The molecule has 2 nitrogen and oxygen atoms in total. The van der Waals surface area contributed by atoms with Crippen molar-refractivity contribution >= 4 is 0 Å². The molecule has 0 bridgehead atoms. The maximum Gasteiger partial charge on any atom is 0.0337 e. The van der Waals surface area contributed by atoms with Gasteiger partial charge < -0.3 is 5.01 Å². The summed E-state index contributed by atoms with van der Waals surface area (Å²) < 4.78 is 0. The van der Waals surface area contributed by atoms with Crippen LogP contribution in [0.2, 0.25) is 0 Å². The van der Waals surface area contributed by atoms with Crippen molar-refractivity contribution in [1.82, 2.24) is 10.0 Å². The first-order valence-electron chi connectivity index (χ1n) is 3.21. The highest BCUT2D eigenvalue weighted by Crippen LogP contribution is 1.92. The highest BCUT2D eigenvalue weighted by Gasteiger charge is 1.96. The minimum Gasteiger partial charge on any atom is -0.314 e. The van der Waals surface area contributed by atoms with Crippen molar-refractivity contribution in [3.8, 4) is 0 Å². The van der Waals surface area contributed by atoms with Gasteiger partial charge >= 0.3 is 0 Å². The van der Waals surface area contributed by atoms with Crippen LogP contribution in [0.4, 0.5) is 0 Å². The second kappa shape index (κ2) is 4.39. The quantitative estimate of drug-likeness (QED) is 0.522. The lowest BCUT2D eigenvalue weighted by molar-refractivity contribution is 0.0828. The van der Waals surface area contributed by atoms with Gasteiger partial charge in [0.2, 0.25) is 0 Å². The zero-order valence-corrected chi connectivity index (χ0v) is 6.46. The average Bonchev–Trinajstić information content (AvgIpc) is 1.82. The minimum atomic E-state index is 0.990. The molecule has 1 radical (unpaired) electrons. The molecule has 0 atom stereocenters. The van der Waals surface area contributed by atoms with Gasteiger partial charge in [0.05, 0.1) is 0 Å². The molecule has 0 fully saturated rings. The van der Waals surface area contributed by atoms with Crippen molar-refractivity contribution < 1.29 is 0 Å². The predicted octanol–water partition coefficient (Wildman–Crippen LogP) is 1.12. The highest BCUT2D eigenvalue weighted by atomic mass is 15.6. The summed E-state index contributed by atoms with van der Waals surface area (Å²) in [6.07, 6.45) is 2.70. The normalized spacial score (nSPS) is 9.78. The van der Waals surface area contributed by atoms with Crippen molar-refractivity contribution in [2.45, 2.75) is 13.3 Å².